The van der Waals surface area contributed by atoms with Gasteiger partial charge in [0.1, 0.15) is 12.2 Å². The Morgan fingerprint density at radius 2 is 2.53 bits per heavy atom. The average Bonchev–Trinajstić information content (AvgIpc) is 2.50. The van der Waals surface area contributed by atoms with Gasteiger partial charge >= 0.3 is 0 Å². The monoisotopic (exact) mass is 226 g/mol. The van der Waals surface area contributed by atoms with Gasteiger partial charge in [0.15, 0.2) is 0 Å². The van der Waals surface area contributed by atoms with E-state index in [0.29, 0.717) is 6.54 Å². The lowest BCUT2D eigenvalue weighted by molar-refractivity contribution is -0.116. The minimum atomic E-state index is -0.150. The van der Waals surface area contributed by atoms with Crippen LogP contribution >= 0.6 is 12.6 Å². The van der Waals surface area contributed by atoms with Gasteiger partial charge in [-0.3, -0.25) is 4.79 Å². The maximum atomic E-state index is 11.2. The van der Waals surface area contributed by atoms with Crippen LogP contribution in [0.15, 0.2) is 18.5 Å². The standard InChI is InChI=1S/C9H14N4OS/c1-7-12-10-6-13(7)5-3-4-9(14)11-8(2)15/h3-4,6,8,15H,5H2,1-2H3,(H,11,14)/b4-3+/t8-/m0/s1. The Morgan fingerprint density at radius 1 is 1.80 bits per heavy atom. The van der Waals surface area contributed by atoms with Crippen LogP contribution in [0.2, 0.25) is 0 Å². The Morgan fingerprint density at radius 3 is 3.07 bits per heavy atom. The number of rotatable bonds is 4. The molecule has 0 unspecified atom stereocenters. The van der Waals surface area contributed by atoms with Gasteiger partial charge in [-0.25, -0.2) is 0 Å². The number of carbonyl (C=O) groups excluding carboxylic acids is 1. The number of nitrogens with zero attached hydrogens (tertiary/aromatic N) is 3. The second kappa shape index (κ2) is 5.55. The third kappa shape index (κ3) is 4.16. The Balaban J connectivity index is 2.40. The van der Waals surface area contributed by atoms with Crippen molar-refractivity contribution in [1.82, 2.24) is 20.1 Å². The van der Waals surface area contributed by atoms with E-state index in [1.54, 1.807) is 19.3 Å². The Labute approximate surface area is 94.0 Å². The molecule has 0 aliphatic carbocycles. The van der Waals surface area contributed by atoms with Gasteiger partial charge in [0.05, 0.1) is 5.37 Å². The quantitative estimate of drug-likeness (QED) is 0.447. The van der Waals surface area contributed by atoms with Crippen molar-refractivity contribution >= 4 is 18.5 Å². The van der Waals surface area contributed by atoms with E-state index in [1.807, 2.05) is 11.5 Å². The van der Waals surface area contributed by atoms with Crippen LogP contribution in [0, 0.1) is 6.92 Å². The minimum Gasteiger partial charge on any atom is -0.341 e. The number of thiol groups is 1. The summed E-state index contributed by atoms with van der Waals surface area (Å²) in [5, 5.41) is 10.1. The highest BCUT2D eigenvalue weighted by atomic mass is 32.1. The van der Waals surface area contributed by atoms with Crippen molar-refractivity contribution in [3.05, 3.63) is 24.3 Å². The first-order valence-electron chi connectivity index (χ1n) is 4.59. The first kappa shape index (κ1) is 11.8. The molecule has 6 heteroatoms. The zero-order valence-corrected chi connectivity index (χ0v) is 9.61. The molecule has 82 valence electrons. The van der Waals surface area contributed by atoms with Crippen molar-refractivity contribution in [3.63, 3.8) is 0 Å². The molecule has 5 nitrogen and oxygen atoms in total. The van der Waals surface area contributed by atoms with Crippen molar-refractivity contribution in [3.8, 4) is 0 Å². The number of aromatic nitrogens is 3. The lowest BCUT2D eigenvalue weighted by Gasteiger charge is -2.03. The van der Waals surface area contributed by atoms with E-state index >= 15 is 0 Å². The van der Waals surface area contributed by atoms with Gasteiger partial charge in [0.2, 0.25) is 5.91 Å². The fraction of sp³-hybridized carbons (Fsp3) is 0.444. The SMILES string of the molecule is Cc1nncn1C/C=C/C(=O)N[C@H](C)S. The van der Waals surface area contributed by atoms with Crippen molar-refractivity contribution < 1.29 is 4.79 Å². The zero-order chi connectivity index (χ0) is 11.3. The Bertz CT molecular complexity index is 359. The normalized spacial score (nSPS) is 13.0. The summed E-state index contributed by atoms with van der Waals surface area (Å²) < 4.78 is 1.84. The predicted molar refractivity (Wildman–Crippen MR) is 60.5 cm³/mol. The van der Waals surface area contributed by atoms with Crippen molar-refractivity contribution in [1.29, 1.82) is 0 Å². The van der Waals surface area contributed by atoms with E-state index in [1.165, 1.54) is 6.08 Å². The number of nitrogens with one attached hydrogen (secondary N) is 1. The van der Waals surface area contributed by atoms with Crippen molar-refractivity contribution in [2.75, 3.05) is 0 Å². The van der Waals surface area contributed by atoms with E-state index < -0.39 is 0 Å². The van der Waals surface area contributed by atoms with E-state index in [2.05, 4.69) is 28.1 Å². The molecule has 0 aliphatic heterocycles. The number of hydrogen-bond acceptors (Lipinski definition) is 4. The van der Waals surface area contributed by atoms with Gasteiger partial charge in [-0.2, -0.15) is 12.6 Å². The smallest absolute Gasteiger partial charge is 0.244 e. The molecule has 1 amide bonds. The molecule has 1 atom stereocenters. The second-order valence-electron chi connectivity index (χ2n) is 3.12. The summed E-state index contributed by atoms with van der Waals surface area (Å²) >= 11 is 4.04. The van der Waals surface area contributed by atoms with Crippen LogP contribution < -0.4 is 5.32 Å². The molecule has 15 heavy (non-hydrogen) atoms. The van der Waals surface area contributed by atoms with Crippen LogP contribution in [0.3, 0.4) is 0 Å². The van der Waals surface area contributed by atoms with Gasteiger partial charge in [0, 0.05) is 12.6 Å². The largest absolute Gasteiger partial charge is 0.341 e. The van der Waals surface area contributed by atoms with Gasteiger partial charge in [0.25, 0.3) is 0 Å². The van der Waals surface area contributed by atoms with Crippen LogP contribution in [-0.4, -0.2) is 26.0 Å². The summed E-state index contributed by atoms with van der Waals surface area (Å²) in [6.45, 7) is 4.24. The number of aryl methyl sites for hydroxylation is 1. The molecule has 0 radical (unpaired) electrons. The van der Waals surface area contributed by atoms with E-state index in [4.69, 9.17) is 0 Å². The highest BCUT2D eigenvalue weighted by molar-refractivity contribution is 7.80. The molecule has 1 N–H and O–H groups in total. The average molecular weight is 226 g/mol. The zero-order valence-electron chi connectivity index (χ0n) is 8.71. The van der Waals surface area contributed by atoms with Gasteiger partial charge in [-0.1, -0.05) is 6.08 Å². The molecule has 0 saturated heterocycles. The molecule has 1 aromatic rings. The summed E-state index contributed by atoms with van der Waals surface area (Å²) in [6.07, 6.45) is 4.85. The summed E-state index contributed by atoms with van der Waals surface area (Å²) in [5.41, 5.74) is 0. The lowest BCUT2D eigenvalue weighted by Crippen LogP contribution is -2.26. The fourth-order valence-corrected chi connectivity index (χ4v) is 1.15. The van der Waals surface area contributed by atoms with Crippen LogP contribution in [-0.2, 0) is 11.3 Å². The number of carbonyl (C=O) groups is 1. The molecule has 0 saturated carbocycles. The van der Waals surface area contributed by atoms with Crippen LogP contribution in [0.1, 0.15) is 12.7 Å². The molecule has 1 heterocycles. The van der Waals surface area contributed by atoms with Crippen molar-refractivity contribution in [2.45, 2.75) is 25.8 Å². The summed E-state index contributed by atoms with van der Waals surface area (Å²) in [6, 6.07) is 0. The molecule has 0 spiro atoms. The summed E-state index contributed by atoms with van der Waals surface area (Å²) in [7, 11) is 0. The van der Waals surface area contributed by atoms with E-state index in [0.717, 1.165) is 5.82 Å². The maximum absolute atomic E-state index is 11.2. The molecular weight excluding hydrogens is 212 g/mol. The lowest BCUT2D eigenvalue weighted by atomic mass is 10.4. The Hall–Kier alpha value is -1.30. The molecule has 1 rings (SSSR count). The highest BCUT2D eigenvalue weighted by Crippen LogP contribution is 1.93. The van der Waals surface area contributed by atoms with Crippen molar-refractivity contribution in [2.24, 2.45) is 0 Å². The fourth-order valence-electron chi connectivity index (χ4n) is 1.02. The van der Waals surface area contributed by atoms with Gasteiger partial charge in [-0.15, -0.1) is 10.2 Å². The third-order valence-electron chi connectivity index (χ3n) is 1.73. The van der Waals surface area contributed by atoms with E-state index in [9.17, 15) is 4.79 Å². The minimum absolute atomic E-state index is 0.140. The molecule has 0 aliphatic rings. The third-order valence-corrected chi connectivity index (χ3v) is 1.86. The van der Waals surface area contributed by atoms with Crippen LogP contribution in [0.25, 0.3) is 0 Å². The molecule has 1 aromatic heterocycles. The second-order valence-corrected chi connectivity index (χ2v) is 3.89. The first-order valence-corrected chi connectivity index (χ1v) is 5.10. The first-order chi connectivity index (χ1) is 7.09. The van der Waals surface area contributed by atoms with Gasteiger partial charge < -0.3 is 9.88 Å². The van der Waals surface area contributed by atoms with Crippen LogP contribution in [0.4, 0.5) is 0 Å². The highest BCUT2D eigenvalue weighted by Gasteiger charge is 1.98. The van der Waals surface area contributed by atoms with E-state index in [-0.39, 0.29) is 11.3 Å². The molecular formula is C9H14N4OS. The van der Waals surface area contributed by atoms with Gasteiger partial charge in [-0.05, 0) is 13.8 Å². The number of amides is 1. The molecule has 0 aromatic carbocycles. The topological polar surface area (TPSA) is 59.8 Å². The van der Waals surface area contributed by atoms with Crippen LogP contribution in [0.5, 0.6) is 0 Å². The summed E-state index contributed by atoms with van der Waals surface area (Å²) in [5.74, 6) is 0.672. The number of allylic oxidation sites excluding steroid dienone is 1. The Kier molecular flexibility index (Phi) is 4.36. The summed E-state index contributed by atoms with van der Waals surface area (Å²) in [4.78, 5) is 11.2. The molecule has 0 bridgehead atoms. The molecule has 0 fully saturated rings. The number of hydrogen-bond donors (Lipinski definition) is 2. The maximum Gasteiger partial charge on any atom is 0.244 e. The predicted octanol–water partition coefficient (Wildman–Crippen LogP) is 0.535.